The first-order valence-electron chi connectivity index (χ1n) is 7.22. The molecule has 0 aromatic heterocycles. The summed E-state index contributed by atoms with van der Waals surface area (Å²) in [7, 11) is 0. The van der Waals surface area contributed by atoms with Crippen LogP contribution in [0.2, 0.25) is 0 Å². The molecular weight excluding hydrogens is 286 g/mol. The van der Waals surface area contributed by atoms with Crippen molar-refractivity contribution in [2.24, 2.45) is 5.41 Å². The number of fused-ring (bicyclic) bond motifs is 2. The van der Waals surface area contributed by atoms with Gasteiger partial charge in [0.25, 0.3) is 11.8 Å². The lowest BCUT2D eigenvalue weighted by Crippen LogP contribution is -2.47. The minimum atomic E-state index is -1.28. The van der Waals surface area contributed by atoms with Gasteiger partial charge in [0.2, 0.25) is 0 Å². The quantitative estimate of drug-likeness (QED) is 0.809. The maximum absolute atomic E-state index is 12.8. The van der Waals surface area contributed by atoms with Gasteiger partial charge >= 0.3 is 6.09 Å². The SMILES string of the molecule is O=C(O)N[C@@H]1C(=O)N2CC3(CC3)CN2C(=O)c2ccccc21. The summed E-state index contributed by atoms with van der Waals surface area (Å²) in [6, 6.07) is 5.64. The average molecular weight is 301 g/mol. The topological polar surface area (TPSA) is 89.9 Å². The van der Waals surface area contributed by atoms with E-state index in [0.717, 1.165) is 12.8 Å². The number of hydrazine groups is 1. The van der Waals surface area contributed by atoms with E-state index in [1.807, 2.05) is 0 Å². The first-order valence-corrected chi connectivity index (χ1v) is 7.22. The molecule has 114 valence electrons. The lowest BCUT2D eigenvalue weighted by atomic mass is 9.98. The van der Waals surface area contributed by atoms with Gasteiger partial charge in [0.05, 0.1) is 13.1 Å². The fourth-order valence-corrected chi connectivity index (χ4v) is 3.36. The molecule has 1 aromatic rings. The molecule has 1 saturated heterocycles. The number of hydrogen-bond donors (Lipinski definition) is 2. The van der Waals surface area contributed by atoms with E-state index in [0.29, 0.717) is 24.2 Å². The van der Waals surface area contributed by atoms with Gasteiger partial charge in [-0.25, -0.2) is 14.8 Å². The number of carbonyl (C=O) groups excluding carboxylic acids is 2. The maximum atomic E-state index is 12.8. The van der Waals surface area contributed by atoms with Gasteiger partial charge in [0.15, 0.2) is 0 Å². The Kier molecular flexibility index (Phi) is 2.52. The number of rotatable bonds is 1. The number of nitrogens with one attached hydrogen (secondary N) is 1. The summed E-state index contributed by atoms with van der Waals surface area (Å²) in [4.78, 5) is 36.6. The van der Waals surface area contributed by atoms with Crippen molar-refractivity contribution in [3.05, 3.63) is 35.4 Å². The molecule has 3 aliphatic rings. The second-order valence-corrected chi connectivity index (χ2v) is 6.23. The van der Waals surface area contributed by atoms with Gasteiger partial charge in [0, 0.05) is 11.0 Å². The molecule has 1 aliphatic carbocycles. The molecule has 0 radical (unpaired) electrons. The summed E-state index contributed by atoms with van der Waals surface area (Å²) in [6.07, 6.45) is 0.715. The van der Waals surface area contributed by atoms with Crippen LogP contribution in [0.5, 0.6) is 0 Å². The third-order valence-corrected chi connectivity index (χ3v) is 4.72. The van der Waals surface area contributed by atoms with Crippen LogP contribution >= 0.6 is 0 Å². The van der Waals surface area contributed by atoms with Crippen LogP contribution in [0.1, 0.15) is 34.8 Å². The smallest absolute Gasteiger partial charge is 0.405 e. The molecule has 1 aromatic carbocycles. The van der Waals surface area contributed by atoms with Gasteiger partial charge in [-0.05, 0) is 24.5 Å². The summed E-state index contributed by atoms with van der Waals surface area (Å²) in [5, 5.41) is 14.2. The third-order valence-electron chi connectivity index (χ3n) is 4.72. The van der Waals surface area contributed by atoms with E-state index in [4.69, 9.17) is 5.11 Å². The van der Waals surface area contributed by atoms with Gasteiger partial charge in [-0.3, -0.25) is 9.59 Å². The summed E-state index contributed by atoms with van der Waals surface area (Å²) in [5.74, 6) is -0.619. The Morgan fingerprint density at radius 1 is 1.18 bits per heavy atom. The first-order chi connectivity index (χ1) is 10.5. The second kappa shape index (κ2) is 4.22. The largest absolute Gasteiger partial charge is 0.465 e. The van der Waals surface area contributed by atoms with E-state index in [-0.39, 0.29) is 17.2 Å². The molecule has 4 rings (SSSR count). The molecular formula is C15H15N3O4. The highest BCUT2D eigenvalue weighted by Crippen LogP contribution is 2.52. The molecule has 1 spiro atoms. The zero-order valence-corrected chi connectivity index (χ0v) is 11.8. The maximum Gasteiger partial charge on any atom is 0.405 e. The van der Waals surface area contributed by atoms with Gasteiger partial charge in [0.1, 0.15) is 6.04 Å². The summed E-state index contributed by atoms with van der Waals surface area (Å²) >= 11 is 0. The van der Waals surface area contributed by atoms with Crippen molar-refractivity contribution in [2.45, 2.75) is 18.9 Å². The van der Waals surface area contributed by atoms with Crippen molar-refractivity contribution in [3.8, 4) is 0 Å². The normalized spacial score (nSPS) is 24.8. The molecule has 2 heterocycles. The number of hydrogen-bond acceptors (Lipinski definition) is 3. The summed E-state index contributed by atoms with van der Waals surface area (Å²) < 4.78 is 0. The summed E-state index contributed by atoms with van der Waals surface area (Å²) in [6.45, 7) is 1.02. The highest BCUT2D eigenvalue weighted by Gasteiger charge is 2.56. The number of carboxylic acid groups (broad SMARTS) is 1. The van der Waals surface area contributed by atoms with Crippen molar-refractivity contribution >= 4 is 17.9 Å². The van der Waals surface area contributed by atoms with Gasteiger partial charge in [-0.15, -0.1) is 0 Å². The summed E-state index contributed by atoms with van der Waals surface area (Å²) in [5.41, 5.74) is 0.819. The zero-order valence-electron chi connectivity index (χ0n) is 11.8. The predicted octanol–water partition coefficient (Wildman–Crippen LogP) is 0.988. The van der Waals surface area contributed by atoms with Crippen LogP contribution < -0.4 is 5.32 Å². The number of amides is 3. The molecule has 0 unspecified atom stereocenters. The van der Waals surface area contributed by atoms with E-state index in [1.165, 1.54) is 10.0 Å². The lowest BCUT2D eigenvalue weighted by molar-refractivity contribution is -0.142. The molecule has 3 amide bonds. The van der Waals surface area contributed by atoms with Crippen molar-refractivity contribution in [1.29, 1.82) is 0 Å². The van der Waals surface area contributed by atoms with E-state index in [9.17, 15) is 14.4 Å². The van der Waals surface area contributed by atoms with E-state index >= 15 is 0 Å². The van der Waals surface area contributed by atoms with Crippen molar-refractivity contribution in [1.82, 2.24) is 15.3 Å². The van der Waals surface area contributed by atoms with Crippen LogP contribution in [0.15, 0.2) is 24.3 Å². The van der Waals surface area contributed by atoms with Crippen molar-refractivity contribution in [2.75, 3.05) is 13.1 Å². The van der Waals surface area contributed by atoms with Gasteiger partial charge in [-0.1, -0.05) is 18.2 Å². The second-order valence-electron chi connectivity index (χ2n) is 6.23. The predicted molar refractivity (Wildman–Crippen MR) is 74.8 cm³/mol. The molecule has 7 heteroatoms. The molecule has 0 bridgehead atoms. The van der Waals surface area contributed by atoms with Crippen LogP contribution in [0, 0.1) is 5.41 Å². The lowest BCUT2D eigenvalue weighted by Gasteiger charge is -2.27. The minimum Gasteiger partial charge on any atom is -0.465 e. The Bertz CT molecular complexity index is 698. The van der Waals surface area contributed by atoms with Crippen LogP contribution in [0.25, 0.3) is 0 Å². The molecule has 1 saturated carbocycles. The van der Waals surface area contributed by atoms with E-state index in [1.54, 1.807) is 24.3 Å². The molecule has 22 heavy (non-hydrogen) atoms. The highest BCUT2D eigenvalue weighted by atomic mass is 16.4. The van der Waals surface area contributed by atoms with Crippen LogP contribution in [-0.2, 0) is 4.79 Å². The Balaban J connectivity index is 1.82. The third kappa shape index (κ3) is 1.78. The fraction of sp³-hybridized carbons (Fsp3) is 0.400. The Labute approximate surface area is 126 Å². The number of carbonyl (C=O) groups is 3. The zero-order chi connectivity index (χ0) is 15.5. The number of nitrogens with zero attached hydrogens (tertiary/aromatic N) is 2. The molecule has 1 atom stereocenters. The highest BCUT2D eigenvalue weighted by molar-refractivity contribution is 6.02. The average Bonchev–Trinajstić information content (AvgIpc) is 3.15. The van der Waals surface area contributed by atoms with Crippen molar-refractivity contribution in [3.63, 3.8) is 0 Å². The van der Waals surface area contributed by atoms with E-state index in [2.05, 4.69) is 5.32 Å². The molecule has 2 N–H and O–H groups in total. The Morgan fingerprint density at radius 2 is 1.86 bits per heavy atom. The first kappa shape index (κ1) is 13.1. The van der Waals surface area contributed by atoms with Crippen molar-refractivity contribution < 1.29 is 19.5 Å². The monoisotopic (exact) mass is 301 g/mol. The van der Waals surface area contributed by atoms with Crippen LogP contribution in [0.3, 0.4) is 0 Å². The fourth-order valence-electron chi connectivity index (χ4n) is 3.36. The molecule has 2 aliphatic heterocycles. The van der Waals surface area contributed by atoms with E-state index < -0.39 is 12.1 Å². The Morgan fingerprint density at radius 3 is 2.55 bits per heavy atom. The van der Waals surface area contributed by atoms with Crippen LogP contribution in [-0.4, -0.2) is 46.1 Å². The minimum absolute atomic E-state index is 0.0192. The van der Waals surface area contributed by atoms with Gasteiger partial charge in [-0.2, -0.15) is 0 Å². The number of benzene rings is 1. The molecule has 2 fully saturated rings. The van der Waals surface area contributed by atoms with Crippen LogP contribution in [0.4, 0.5) is 4.79 Å². The Hall–Kier alpha value is -2.57. The van der Waals surface area contributed by atoms with Gasteiger partial charge < -0.3 is 10.4 Å². The molecule has 7 nitrogen and oxygen atoms in total. The standard InChI is InChI=1S/C15H15N3O4/c19-12-10-4-2-1-3-9(10)11(16-14(21)22)13(20)18-8-15(5-6-15)7-17(12)18/h1-4,11,16H,5-8H2,(H,21,22)/t11-/m0/s1.